The fraction of sp³-hybridized carbons (Fsp3) is 0.579. The lowest BCUT2D eigenvalue weighted by Crippen LogP contribution is -2.44. The smallest absolute Gasteiger partial charge is 0.318 e. The predicted molar refractivity (Wildman–Crippen MR) is 99.5 cm³/mol. The number of nitrogens with one attached hydrogen (secondary N) is 1. The van der Waals surface area contributed by atoms with E-state index in [-0.39, 0.29) is 6.03 Å². The topological polar surface area (TPSA) is 50.2 Å². The van der Waals surface area contributed by atoms with Crippen LogP contribution in [0.3, 0.4) is 0 Å². The minimum atomic E-state index is 0.0407. The van der Waals surface area contributed by atoms with Crippen LogP contribution in [0.4, 0.5) is 4.79 Å². The molecule has 2 aliphatic carbocycles. The Morgan fingerprint density at radius 1 is 1.36 bits per heavy atom. The molecule has 5 nitrogen and oxygen atoms in total. The molecule has 0 saturated heterocycles. The summed E-state index contributed by atoms with van der Waals surface area (Å²) in [7, 11) is 2.02. The van der Waals surface area contributed by atoms with Gasteiger partial charge in [0.25, 0.3) is 0 Å². The number of amides is 2. The van der Waals surface area contributed by atoms with Crippen molar-refractivity contribution in [3.63, 3.8) is 0 Å². The van der Waals surface area contributed by atoms with Gasteiger partial charge in [-0.1, -0.05) is 18.9 Å². The van der Waals surface area contributed by atoms with E-state index in [1.165, 1.54) is 36.3 Å². The fourth-order valence-corrected chi connectivity index (χ4v) is 4.46. The molecule has 1 N–H and O–H groups in total. The fourth-order valence-electron chi connectivity index (χ4n) is 3.82. The van der Waals surface area contributed by atoms with Crippen molar-refractivity contribution in [2.24, 2.45) is 7.05 Å². The van der Waals surface area contributed by atoms with Gasteiger partial charge in [0.2, 0.25) is 0 Å². The van der Waals surface area contributed by atoms with Crippen molar-refractivity contribution in [2.75, 3.05) is 0 Å². The van der Waals surface area contributed by atoms with Gasteiger partial charge in [0.05, 0.1) is 18.8 Å². The van der Waals surface area contributed by atoms with Crippen molar-refractivity contribution in [3.8, 4) is 0 Å². The molecule has 6 heteroatoms. The Kier molecular flexibility index (Phi) is 4.79. The largest absolute Gasteiger partial charge is 0.333 e. The van der Waals surface area contributed by atoms with E-state index in [4.69, 9.17) is 0 Å². The molecular weight excluding hydrogens is 332 g/mol. The standard InChI is InChI=1S/C19H26N4OS/c1-22-18(14-8-9-14)11-15(21-22)13-23(16-5-2-3-6-16)19(24)20-12-17-7-4-10-25-17/h4,7,10-11,14,16H,2-3,5-6,8-9,12-13H2,1H3,(H,20,24). The summed E-state index contributed by atoms with van der Waals surface area (Å²) >= 11 is 1.68. The number of carbonyl (C=O) groups excluding carboxylic acids is 1. The monoisotopic (exact) mass is 358 g/mol. The van der Waals surface area contributed by atoms with Crippen LogP contribution in [0.2, 0.25) is 0 Å². The van der Waals surface area contributed by atoms with Gasteiger partial charge >= 0.3 is 6.03 Å². The van der Waals surface area contributed by atoms with Gasteiger partial charge in [-0.25, -0.2) is 4.79 Å². The minimum absolute atomic E-state index is 0.0407. The van der Waals surface area contributed by atoms with Crippen LogP contribution in [0.5, 0.6) is 0 Å². The van der Waals surface area contributed by atoms with Gasteiger partial charge in [0.15, 0.2) is 0 Å². The molecule has 134 valence electrons. The second-order valence-electron chi connectivity index (χ2n) is 7.26. The molecule has 0 radical (unpaired) electrons. The molecule has 2 aromatic rings. The Morgan fingerprint density at radius 2 is 2.16 bits per heavy atom. The highest BCUT2D eigenvalue weighted by Gasteiger charge is 2.30. The molecule has 2 aliphatic rings. The molecule has 0 bridgehead atoms. The highest BCUT2D eigenvalue weighted by Crippen LogP contribution is 2.40. The zero-order valence-corrected chi connectivity index (χ0v) is 15.6. The number of rotatable bonds is 6. The third-order valence-corrected chi connectivity index (χ3v) is 6.19. The third-order valence-electron chi connectivity index (χ3n) is 5.31. The van der Waals surface area contributed by atoms with Gasteiger partial charge in [-0.05, 0) is 43.2 Å². The highest BCUT2D eigenvalue weighted by atomic mass is 32.1. The molecule has 2 saturated carbocycles. The van der Waals surface area contributed by atoms with Crippen molar-refractivity contribution >= 4 is 17.4 Å². The second-order valence-corrected chi connectivity index (χ2v) is 8.29. The van der Waals surface area contributed by atoms with Crippen molar-refractivity contribution in [1.82, 2.24) is 20.0 Å². The van der Waals surface area contributed by atoms with Crippen LogP contribution in [-0.2, 0) is 20.1 Å². The van der Waals surface area contributed by atoms with E-state index in [2.05, 4.69) is 22.5 Å². The molecule has 2 heterocycles. The molecule has 2 fully saturated rings. The molecular formula is C19H26N4OS. The summed E-state index contributed by atoms with van der Waals surface area (Å²) in [6, 6.07) is 6.67. The van der Waals surface area contributed by atoms with Gasteiger partial charge in [0, 0.05) is 29.6 Å². The number of aromatic nitrogens is 2. The van der Waals surface area contributed by atoms with E-state index in [1.54, 1.807) is 11.3 Å². The molecule has 0 atom stereocenters. The van der Waals surface area contributed by atoms with Gasteiger partial charge in [-0.3, -0.25) is 4.68 Å². The summed E-state index contributed by atoms with van der Waals surface area (Å²) in [5.41, 5.74) is 2.34. The van der Waals surface area contributed by atoms with E-state index in [1.807, 2.05) is 28.1 Å². The lowest BCUT2D eigenvalue weighted by Gasteiger charge is -2.28. The lowest BCUT2D eigenvalue weighted by atomic mass is 10.2. The van der Waals surface area contributed by atoms with Crippen LogP contribution in [0, 0.1) is 0 Å². The van der Waals surface area contributed by atoms with Gasteiger partial charge in [0.1, 0.15) is 0 Å². The second kappa shape index (κ2) is 7.20. The van der Waals surface area contributed by atoms with E-state index in [0.29, 0.717) is 25.0 Å². The van der Waals surface area contributed by atoms with Gasteiger partial charge in [-0.2, -0.15) is 5.10 Å². The number of carbonyl (C=O) groups is 1. The van der Waals surface area contributed by atoms with Crippen molar-refractivity contribution < 1.29 is 4.79 Å². The maximum Gasteiger partial charge on any atom is 0.318 e. The van der Waals surface area contributed by atoms with E-state index < -0.39 is 0 Å². The molecule has 0 aliphatic heterocycles. The Bertz CT molecular complexity index is 714. The SMILES string of the molecule is Cn1nc(CN(C(=O)NCc2cccs2)C2CCCC2)cc1C1CC1. The first kappa shape index (κ1) is 16.6. The van der Waals surface area contributed by atoms with E-state index in [9.17, 15) is 4.79 Å². The molecule has 0 unspecified atom stereocenters. The average Bonchev–Trinajstić information content (AvgIpc) is 3.03. The third kappa shape index (κ3) is 3.89. The van der Waals surface area contributed by atoms with E-state index in [0.717, 1.165) is 18.5 Å². The molecule has 4 rings (SSSR count). The van der Waals surface area contributed by atoms with Crippen LogP contribution in [0.1, 0.15) is 60.7 Å². The quantitative estimate of drug-likeness (QED) is 0.848. The van der Waals surface area contributed by atoms with E-state index >= 15 is 0 Å². The van der Waals surface area contributed by atoms with Crippen LogP contribution < -0.4 is 5.32 Å². The van der Waals surface area contributed by atoms with Crippen LogP contribution in [0.25, 0.3) is 0 Å². The number of thiophene rings is 1. The predicted octanol–water partition coefficient (Wildman–Crippen LogP) is 4.01. The summed E-state index contributed by atoms with van der Waals surface area (Å²) in [6.45, 7) is 1.22. The summed E-state index contributed by atoms with van der Waals surface area (Å²) in [5.74, 6) is 0.679. The van der Waals surface area contributed by atoms with Crippen molar-refractivity contribution in [1.29, 1.82) is 0 Å². The van der Waals surface area contributed by atoms with Crippen LogP contribution in [0.15, 0.2) is 23.6 Å². The first-order valence-corrected chi connectivity index (χ1v) is 10.2. The maximum absolute atomic E-state index is 12.9. The Morgan fingerprint density at radius 3 is 2.84 bits per heavy atom. The Balaban J connectivity index is 1.45. The van der Waals surface area contributed by atoms with Gasteiger partial charge < -0.3 is 10.2 Å². The number of aryl methyl sites for hydroxylation is 1. The normalized spacial score (nSPS) is 17.8. The summed E-state index contributed by atoms with van der Waals surface area (Å²) in [5, 5.41) is 9.82. The summed E-state index contributed by atoms with van der Waals surface area (Å²) < 4.78 is 2.00. The number of hydrogen-bond donors (Lipinski definition) is 1. The van der Waals surface area contributed by atoms with Crippen molar-refractivity contribution in [2.45, 2.75) is 63.6 Å². The first-order chi connectivity index (χ1) is 12.2. The summed E-state index contributed by atoms with van der Waals surface area (Å²) in [6.07, 6.45) is 7.19. The van der Waals surface area contributed by atoms with Crippen LogP contribution in [-0.4, -0.2) is 26.8 Å². The molecule has 2 amide bonds. The molecule has 0 aromatic carbocycles. The van der Waals surface area contributed by atoms with Crippen LogP contribution >= 0.6 is 11.3 Å². The Hall–Kier alpha value is -1.82. The van der Waals surface area contributed by atoms with Crippen molar-refractivity contribution in [3.05, 3.63) is 39.8 Å². The molecule has 0 spiro atoms. The number of urea groups is 1. The Labute approximate surface area is 153 Å². The number of hydrogen-bond acceptors (Lipinski definition) is 3. The minimum Gasteiger partial charge on any atom is -0.333 e. The first-order valence-electron chi connectivity index (χ1n) is 9.30. The molecule has 25 heavy (non-hydrogen) atoms. The highest BCUT2D eigenvalue weighted by molar-refractivity contribution is 7.09. The zero-order chi connectivity index (χ0) is 17.2. The maximum atomic E-state index is 12.9. The zero-order valence-electron chi connectivity index (χ0n) is 14.8. The summed E-state index contributed by atoms with van der Waals surface area (Å²) in [4.78, 5) is 16.1. The molecule has 2 aromatic heterocycles. The van der Waals surface area contributed by atoms with Gasteiger partial charge in [-0.15, -0.1) is 11.3 Å². The lowest BCUT2D eigenvalue weighted by molar-refractivity contribution is 0.169. The number of nitrogens with zero attached hydrogens (tertiary/aromatic N) is 3. The average molecular weight is 359 g/mol.